The van der Waals surface area contributed by atoms with Crippen LogP contribution in [-0.4, -0.2) is 11.8 Å². The molecule has 0 bridgehead atoms. The van der Waals surface area contributed by atoms with Crippen molar-refractivity contribution >= 4 is 29.1 Å². The Labute approximate surface area is 147 Å². The van der Waals surface area contributed by atoms with Gasteiger partial charge in [-0.15, -0.1) is 0 Å². The van der Waals surface area contributed by atoms with Gasteiger partial charge in [0, 0.05) is 10.9 Å². The Bertz CT molecular complexity index is 798. The Kier molecular flexibility index (Phi) is 4.46. The van der Waals surface area contributed by atoms with Crippen LogP contribution >= 0.6 is 11.6 Å². The molecule has 24 heavy (non-hydrogen) atoms. The number of hydrogen-bond donors (Lipinski definition) is 0. The molecule has 2 atom stereocenters. The van der Waals surface area contributed by atoms with E-state index in [1.165, 1.54) is 10.5 Å². The monoisotopic (exact) mass is 341 g/mol. The van der Waals surface area contributed by atoms with Gasteiger partial charge in [-0.1, -0.05) is 54.4 Å². The average Bonchev–Trinajstić information content (AvgIpc) is 2.76. The molecule has 2 amide bonds. The molecular weight excluding hydrogens is 322 g/mol. The SMILES string of the molecule is Cc1ccc(C[C@@H]2C(=O)N(c3cccc(Cl)c3C)C(=O)[C@H]2C)cc1. The summed E-state index contributed by atoms with van der Waals surface area (Å²) in [6.45, 7) is 5.69. The van der Waals surface area contributed by atoms with Gasteiger partial charge in [0.05, 0.1) is 11.6 Å². The molecule has 4 heteroatoms. The van der Waals surface area contributed by atoms with E-state index in [2.05, 4.69) is 0 Å². The van der Waals surface area contributed by atoms with Gasteiger partial charge in [-0.25, -0.2) is 4.90 Å². The molecule has 2 aromatic rings. The predicted molar refractivity (Wildman–Crippen MR) is 96.2 cm³/mol. The number of nitrogens with zero attached hydrogens (tertiary/aromatic N) is 1. The summed E-state index contributed by atoms with van der Waals surface area (Å²) < 4.78 is 0. The quantitative estimate of drug-likeness (QED) is 0.779. The zero-order chi connectivity index (χ0) is 17.4. The molecule has 1 saturated heterocycles. The van der Waals surface area contributed by atoms with E-state index in [-0.39, 0.29) is 23.7 Å². The molecule has 0 unspecified atom stereocenters. The highest BCUT2D eigenvalue weighted by atomic mass is 35.5. The number of carbonyl (C=O) groups is 2. The first-order valence-corrected chi connectivity index (χ1v) is 8.46. The lowest BCUT2D eigenvalue weighted by Gasteiger charge is -2.18. The van der Waals surface area contributed by atoms with Gasteiger partial charge in [0.15, 0.2) is 0 Å². The fraction of sp³-hybridized carbons (Fsp3) is 0.300. The second kappa shape index (κ2) is 6.40. The fourth-order valence-corrected chi connectivity index (χ4v) is 3.35. The summed E-state index contributed by atoms with van der Waals surface area (Å²) in [7, 11) is 0. The number of amides is 2. The topological polar surface area (TPSA) is 37.4 Å². The molecule has 0 N–H and O–H groups in total. The molecule has 0 aromatic heterocycles. The summed E-state index contributed by atoms with van der Waals surface area (Å²) in [5.74, 6) is -0.961. The van der Waals surface area contributed by atoms with Crippen LogP contribution in [-0.2, 0) is 16.0 Å². The third-order valence-electron chi connectivity index (χ3n) is 4.81. The van der Waals surface area contributed by atoms with Crippen LogP contribution < -0.4 is 4.90 Å². The van der Waals surface area contributed by atoms with Gasteiger partial charge in [0.25, 0.3) is 0 Å². The lowest BCUT2D eigenvalue weighted by atomic mass is 9.90. The van der Waals surface area contributed by atoms with E-state index in [1.807, 2.05) is 45.0 Å². The smallest absolute Gasteiger partial charge is 0.238 e. The van der Waals surface area contributed by atoms with Crippen molar-refractivity contribution in [3.63, 3.8) is 0 Å². The van der Waals surface area contributed by atoms with Crippen LogP contribution in [0.25, 0.3) is 0 Å². The van der Waals surface area contributed by atoms with Gasteiger partial charge in [0.2, 0.25) is 11.8 Å². The highest BCUT2D eigenvalue weighted by Crippen LogP contribution is 2.36. The van der Waals surface area contributed by atoms with Crippen LogP contribution in [0.3, 0.4) is 0 Å². The number of carbonyl (C=O) groups excluding carboxylic acids is 2. The molecule has 1 fully saturated rings. The van der Waals surface area contributed by atoms with Gasteiger partial charge in [-0.05, 0) is 43.5 Å². The van der Waals surface area contributed by atoms with E-state index in [0.29, 0.717) is 17.1 Å². The van der Waals surface area contributed by atoms with Crippen LogP contribution in [0.2, 0.25) is 5.02 Å². The minimum absolute atomic E-state index is 0.140. The first-order chi connectivity index (χ1) is 11.4. The van der Waals surface area contributed by atoms with Gasteiger partial charge in [-0.2, -0.15) is 0 Å². The number of benzene rings is 2. The molecule has 3 nitrogen and oxygen atoms in total. The Morgan fingerprint density at radius 2 is 1.67 bits per heavy atom. The van der Waals surface area contributed by atoms with E-state index in [0.717, 1.165) is 11.1 Å². The average molecular weight is 342 g/mol. The number of rotatable bonds is 3. The van der Waals surface area contributed by atoms with Gasteiger partial charge in [0.1, 0.15) is 0 Å². The summed E-state index contributed by atoms with van der Waals surface area (Å²) in [5, 5.41) is 0.558. The molecular formula is C20H20ClNO2. The highest BCUT2D eigenvalue weighted by molar-refractivity contribution is 6.32. The van der Waals surface area contributed by atoms with Crippen LogP contribution in [0, 0.1) is 25.7 Å². The van der Waals surface area contributed by atoms with Gasteiger partial charge >= 0.3 is 0 Å². The standard InChI is InChI=1S/C20H20ClNO2/c1-12-7-9-15(10-8-12)11-16-13(2)19(23)22(20(16)24)18-6-4-5-17(21)14(18)3/h4-10,13,16H,11H2,1-3H3/t13-,16-/m0/s1. The summed E-state index contributed by atoms with van der Waals surface area (Å²) >= 11 is 6.16. The van der Waals surface area contributed by atoms with Crippen molar-refractivity contribution in [1.29, 1.82) is 0 Å². The summed E-state index contributed by atoms with van der Waals surface area (Å²) in [6, 6.07) is 13.4. The second-order valence-electron chi connectivity index (χ2n) is 6.48. The third-order valence-corrected chi connectivity index (χ3v) is 5.22. The molecule has 0 spiro atoms. The fourth-order valence-electron chi connectivity index (χ4n) is 3.18. The van der Waals surface area contributed by atoms with Gasteiger partial charge in [-0.3, -0.25) is 9.59 Å². The number of anilines is 1. The Hall–Kier alpha value is -2.13. The lowest BCUT2D eigenvalue weighted by molar-refractivity contribution is -0.122. The van der Waals surface area contributed by atoms with E-state index < -0.39 is 0 Å². The Balaban J connectivity index is 1.92. The van der Waals surface area contributed by atoms with E-state index in [1.54, 1.807) is 18.2 Å². The third kappa shape index (κ3) is 2.84. The molecule has 1 aliphatic heterocycles. The highest BCUT2D eigenvalue weighted by Gasteiger charge is 2.46. The number of hydrogen-bond acceptors (Lipinski definition) is 2. The van der Waals surface area contributed by atoms with Crippen molar-refractivity contribution in [3.05, 3.63) is 64.2 Å². The predicted octanol–water partition coefficient (Wildman–Crippen LogP) is 4.33. The first kappa shape index (κ1) is 16.7. The molecule has 0 saturated carbocycles. The molecule has 2 aromatic carbocycles. The van der Waals surface area contributed by atoms with E-state index in [9.17, 15) is 9.59 Å². The van der Waals surface area contributed by atoms with Gasteiger partial charge < -0.3 is 0 Å². The minimum Gasteiger partial charge on any atom is -0.274 e. The van der Waals surface area contributed by atoms with Crippen molar-refractivity contribution in [2.75, 3.05) is 4.90 Å². The molecule has 124 valence electrons. The van der Waals surface area contributed by atoms with Crippen LogP contribution in [0.15, 0.2) is 42.5 Å². The second-order valence-corrected chi connectivity index (χ2v) is 6.89. The van der Waals surface area contributed by atoms with Crippen molar-refractivity contribution in [1.82, 2.24) is 0 Å². The normalized spacial score (nSPS) is 20.8. The van der Waals surface area contributed by atoms with E-state index >= 15 is 0 Å². The van der Waals surface area contributed by atoms with Crippen molar-refractivity contribution in [3.8, 4) is 0 Å². The lowest BCUT2D eigenvalue weighted by Crippen LogP contribution is -2.31. The van der Waals surface area contributed by atoms with Crippen LogP contribution in [0.4, 0.5) is 5.69 Å². The maximum absolute atomic E-state index is 12.9. The number of aryl methyl sites for hydroxylation is 1. The molecule has 0 aliphatic carbocycles. The van der Waals surface area contributed by atoms with Crippen LogP contribution in [0.5, 0.6) is 0 Å². The maximum Gasteiger partial charge on any atom is 0.238 e. The zero-order valence-corrected chi connectivity index (χ0v) is 14.8. The molecule has 1 heterocycles. The largest absolute Gasteiger partial charge is 0.274 e. The van der Waals surface area contributed by atoms with Crippen molar-refractivity contribution in [2.24, 2.45) is 11.8 Å². The first-order valence-electron chi connectivity index (χ1n) is 8.08. The molecule has 1 aliphatic rings. The van der Waals surface area contributed by atoms with Crippen molar-refractivity contribution in [2.45, 2.75) is 27.2 Å². The minimum atomic E-state index is -0.336. The summed E-state index contributed by atoms with van der Waals surface area (Å²) in [4.78, 5) is 26.9. The Morgan fingerprint density at radius 3 is 2.33 bits per heavy atom. The number of imide groups is 1. The summed E-state index contributed by atoms with van der Waals surface area (Å²) in [5.41, 5.74) is 3.60. The molecule has 3 rings (SSSR count). The van der Waals surface area contributed by atoms with E-state index in [4.69, 9.17) is 11.6 Å². The zero-order valence-electron chi connectivity index (χ0n) is 14.0. The molecule has 0 radical (unpaired) electrons. The maximum atomic E-state index is 12.9. The number of halogens is 1. The summed E-state index contributed by atoms with van der Waals surface area (Å²) in [6.07, 6.45) is 0.572. The Morgan fingerprint density at radius 1 is 1.00 bits per heavy atom. The van der Waals surface area contributed by atoms with Crippen LogP contribution in [0.1, 0.15) is 23.6 Å². The van der Waals surface area contributed by atoms with Crippen molar-refractivity contribution < 1.29 is 9.59 Å².